The topological polar surface area (TPSA) is 75.6 Å². The van der Waals surface area contributed by atoms with Gasteiger partial charge >= 0.3 is 0 Å². The Balaban J connectivity index is 1.44. The Morgan fingerprint density at radius 1 is 1.29 bits per heavy atom. The number of aryl methyl sites for hydroxylation is 1. The number of nitrogens with zero attached hydrogens (tertiary/aromatic N) is 3. The molecule has 0 saturated heterocycles. The molecule has 3 heterocycles. The lowest BCUT2D eigenvalue weighted by Crippen LogP contribution is -2.25. The molecule has 120 valence electrons. The van der Waals surface area contributed by atoms with E-state index in [1.165, 1.54) is 10.9 Å². The van der Waals surface area contributed by atoms with Gasteiger partial charge in [0.15, 0.2) is 5.65 Å². The van der Waals surface area contributed by atoms with Crippen molar-refractivity contribution in [1.82, 2.24) is 24.8 Å². The molecule has 0 radical (unpaired) electrons. The molecule has 24 heavy (non-hydrogen) atoms. The molecule has 0 spiro atoms. The number of H-pyrrole nitrogens is 1. The van der Waals surface area contributed by atoms with Crippen LogP contribution >= 0.6 is 0 Å². The number of amides is 1. The molecule has 0 atom stereocenters. The number of aromatic amines is 1. The number of nitrogens with one attached hydrogen (secondary N) is 2. The first kappa shape index (κ1) is 14.4. The van der Waals surface area contributed by atoms with Crippen LogP contribution in [0.15, 0.2) is 49.1 Å². The molecule has 0 aliphatic carbocycles. The summed E-state index contributed by atoms with van der Waals surface area (Å²) in [5.41, 5.74) is 4.33. The summed E-state index contributed by atoms with van der Waals surface area (Å²) < 4.78 is 1.83. The van der Waals surface area contributed by atoms with Gasteiger partial charge in [-0.25, -0.2) is 9.97 Å². The first-order valence-corrected chi connectivity index (χ1v) is 7.82. The molecule has 4 rings (SSSR count). The predicted molar refractivity (Wildman–Crippen MR) is 92.8 cm³/mol. The van der Waals surface area contributed by atoms with Gasteiger partial charge in [0.1, 0.15) is 5.52 Å². The Morgan fingerprint density at radius 3 is 3.08 bits per heavy atom. The molecule has 0 aliphatic rings. The second kappa shape index (κ2) is 5.81. The van der Waals surface area contributed by atoms with Crippen LogP contribution in [0, 0.1) is 0 Å². The van der Waals surface area contributed by atoms with Gasteiger partial charge in [-0.2, -0.15) is 0 Å². The summed E-state index contributed by atoms with van der Waals surface area (Å²) in [5, 5.41) is 4.14. The van der Waals surface area contributed by atoms with Gasteiger partial charge in [0, 0.05) is 36.9 Å². The quantitative estimate of drug-likeness (QED) is 0.606. The number of hydrogen-bond acceptors (Lipinski definition) is 3. The first-order valence-electron chi connectivity index (χ1n) is 7.82. The molecule has 6 nitrogen and oxygen atoms in total. The van der Waals surface area contributed by atoms with Crippen LogP contribution in [-0.4, -0.2) is 32.0 Å². The van der Waals surface area contributed by atoms with Gasteiger partial charge in [-0.1, -0.05) is 18.2 Å². The van der Waals surface area contributed by atoms with Crippen molar-refractivity contribution >= 4 is 28.0 Å². The summed E-state index contributed by atoms with van der Waals surface area (Å²) in [4.78, 5) is 24.1. The van der Waals surface area contributed by atoms with E-state index in [0.29, 0.717) is 12.1 Å². The highest BCUT2D eigenvalue weighted by Crippen LogP contribution is 2.17. The van der Waals surface area contributed by atoms with Crippen molar-refractivity contribution in [2.45, 2.75) is 6.42 Å². The van der Waals surface area contributed by atoms with E-state index >= 15 is 0 Å². The largest absolute Gasteiger partial charge is 0.361 e. The zero-order valence-electron chi connectivity index (χ0n) is 13.3. The number of para-hydroxylation sites is 1. The van der Waals surface area contributed by atoms with Crippen LogP contribution in [0.5, 0.6) is 0 Å². The minimum Gasteiger partial charge on any atom is -0.361 e. The van der Waals surface area contributed by atoms with Gasteiger partial charge in [-0.05, 0) is 24.1 Å². The standard InChI is InChI=1S/C18H17N5O/c1-23-11-22-16-8-13(10-21-17(16)23)18(24)19-7-6-12-9-20-15-5-3-2-4-14(12)15/h2-5,8-11,20H,6-7H2,1H3,(H,19,24). The Morgan fingerprint density at radius 2 is 2.17 bits per heavy atom. The van der Waals surface area contributed by atoms with Crippen LogP contribution in [-0.2, 0) is 13.5 Å². The van der Waals surface area contributed by atoms with E-state index in [0.717, 1.165) is 23.1 Å². The highest BCUT2D eigenvalue weighted by molar-refractivity contribution is 5.96. The molecule has 0 aliphatic heterocycles. The normalized spacial score (nSPS) is 11.2. The number of imidazole rings is 1. The highest BCUT2D eigenvalue weighted by atomic mass is 16.1. The fourth-order valence-corrected chi connectivity index (χ4v) is 2.89. The van der Waals surface area contributed by atoms with Gasteiger partial charge in [0.05, 0.1) is 11.9 Å². The zero-order valence-corrected chi connectivity index (χ0v) is 13.3. The van der Waals surface area contributed by atoms with E-state index in [9.17, 15) is 4.79 Å². The van der Waals surface area contributed by atoms with Crippen LogP contribution in [0.4, 0.5) is 0 Å². The number of rotatable bonds is 4. The van der Waals surface area contributed by atoms with Crippen molar-refractivity contribution < 1.29 is 4.79 Å². The number of fused-ring (bicyclic) bond motifs is 2. The maximum atomic E-state index is 12.3. The second-order valence-corrected chi connectivity index (χ2v) is 5.79. The highest BCUT2D eigenvalue weighted by Gasteiger charge is 2.10. The van der Waals surface area contributed by atoms with E-state index in [4.69, 9.17) is 0 Å². The Labute approximate surface area is 138 Å². The maximum Gasteiger partial charge on any atom is 0.252 e. The Bertz CT molecular complexity index is 1030. The predicted octanol–water partition coefficient (Wildman–Crippen LogP) is 2.42. The summed E-state index contributed by atoms with van der Waals surface area (Å²) in [6, 6.07) is 9.92. The molecule has 0 fully saturated rings. The molecule has 3 aromatic heterocycles. The third-order valence-electron chi connectivity index (χ3n) is 4.17. The monoisotopic (exact) mass is 319 g/mol. The van der Waals surface area contributed by atoms with Crippen LogP contribution < -0.4 is 5.32 Å². The molecule has 4 aromatic rings. The number of hydrogen-bond donors (Lipinski definition) is 2. The first-order chi connectivity index (χ1) is 11.7. The van der Waals surface area contributed by atoms with Crippen LogP contribution in [0.25, 0.3) is 22.1 Å². The maximum absolute atomic E-state index is 12.3. The molecule has 0 saturated carbocycles. The average Bonchev–Trinajstić information content (AvgIpc) is 3.19. The fraction of sp³-hybridized carbons (Fsp3) is 0.167. The van der Waals surface area contributed by atoms with Crippen LogP contribution in [0.3, 0.4) is 0 Å². The molecule has 1 amide bonds. The lowest BCUT2D eigenvalue weighted by Gasteiger charge is -2.05. The molecular formula is C18H17N5O. The van der Waals surface area contributed by atoms with Crippen LogP contribution in [0.1, 0.15) is 15.9 Å². The third kappa shape index (κ3) is 2.52. The SMILES string of the molecule is Cn1cnc2cc(C(=O)NCCc3c[nH]c4ccccc34)cnc21. The number of benzene rings is 1. The summed E-state index contributed by atoms with van der Waals surface area (Å²) in [6.45, 7) is 0.570. The van der Waals surface area contributed by atoms with Crippen molar-refractivity contribution in [2.75, 3.05) is 6.54 Å². The van der Waals surface area contributed by atoms with Crippen molar-refractivity contribution in [3.8, 4) is 0 Å². The Hall–Kier alpha value is -3.15. The van der Waals surface area contributed by atoms with Crippen molar-refractivity contribution in [2.24, 2.45) is 7.05 Å². The molecular weight excluding hydrogens is 302 g/mol. The van der Waals surface area contributed by atoms with Crippen LogP contribution in [0.2, 0.25) is 0 Å². The van der Waals surface area contributed by atoms with Crippen molar-refractivity contribution in [3.63, 3.8) is 0 Å². The summed E-state index contributed by atoms with van der Waals surface area (Å²) in [7, 11) is 1.88. The lowest BCUT2D eigenvalue weighted by atomic mass is 10.1. The van der Waals surface area contributed by atoms with Gasteiger partial charge in [0.25, 0.3) is 5.91 Å². The lowest BCUT2D eigenvalue weighted by molar-refractivity contribution is 0.0954. The van der Waals surface area contributed by atoms with Gasteiger partial charge in [0.2, 0.25) is 0 Å². The minimum atomic E-state index is -0.130. The minimum absolute atomic E-state index is 0.130. The Kier molecular flexibility index (Phi) is 3.49. The zero-order chi connectivity index (χ0) is 16.5. The van der Waals surface area contributed by atoms with E-state index < -0.39 is 0 Å². The number of carbonyl (C=O) groups is 1. The number of carbonyl (C=O) groups excluding carboxylic acids is 1. The third-order valence-corrected chi connectivity index (χ3v) is 4.17. The van der Waals surface area contributed by atoms with E-state index in [2.05, 4.69) is 26.3 Å². The molecule has 1 aromatic carbocycles. The molecule has 6 heteroatoms. The van der Waals surface area contributed by atoms with Crippen molar-refractivity contribution in [3.05, 3.63) is 60.2 Å². The summed E-state index contributed by atoms with van der Waals surface area (Å²) in [6.07, 6.45) is 6.05. The molecule has 2 N–H and O–H groups in total. The fourth-order valence-electron chi connectivity index (χ4n) is 2.89. The second-order valence-electron chi connectivity index (χ2n) is 5.79. The molecule has 0 bridgehead atoms. The molecule has 0 unspecified atom stereocenters. The summed E-state index contributed by atoms with van der Waals surface area (Å²) >= 11 is 0. The number of aromatic nitrogens is 4. The van der Waals surface area contributed by atoms with Crippen molar-refractivity contribution in [1.29, 1.82) is 0 Å². The average molecular weight is 319 g/mol. The van der Waals surface area contributed by atoms with E-state index in [-0.39, 0.29) is 5.91 Å². The van der Waals surface area contributed by atoms with Gasteiger partial charge in [-0.3, -0.25) is 4.79 Å². The summed E-state index contributed by atoms with van der Waals surface area (Å²) in [5.74, 6) is -0.130. The number of pyridine rings is 1. The smallest absolute Gasteiger partial charge is 0.252 e. The van der Waals surface area contributed by atoms with Gasteiger partial charge < -0.3 is 14.9 Å². The van der Waals surface area contributed by atoms with E-state index in [1.807, 2.05) is 36.0 Å². The van der Waals surface area contributed by atoms with E-state index in [1.54, 1.807) is 18.6 Å². The van der Waals surface area contributed by atoms with Gasteiger partial charge in [-0.15, -0.1) is 0 Å².